The molecule has 0 unspecified atom stereocenters. The maximum absolute atomic E-state index is 11.4. The molecule has 4 nitrogen and oxygen atoms in total. The Morgan fingerprint density at radius 1 is 1.47 bits per heavy atom. The van der Waals surface area contributed by atoms with Crippen LogP contribution in [0.4, 0.5) is 0 Å². The van der Waals surface area contributed by atoms with E-state index in [4.69, 9.17) is 4.42 Å². The lowest BCUT2D eigenvalue weighted by Gasteiger charge is -2.04. The number of hydrogen-bond donors (Lipinski definition) is 1. The lowest BCUT2D eigenvalue weighted by Crippen LogP contribution is -2.26. The van der Waals surface area contributed by atoms with E-state index >= 15 is 0 Å². The molecule has 1 N–H and O–H groups in total. The highest BCUT2D eigenvalue weighted by Crippen LogP contribution is 2.28. The van der Waals surface area contributed by atoms with Gasteiger partial charge in [0.1, 0.15) is 5.52 Å². The number of nitrogens with one attached hydrogen (secondary N) is 1. The van der Waals surface area contributed by atoms with Crippen LogP contribution in [0.25, 0.3) is 11.1 Å². The van der Waals surface area contributed by atoms with Crippen molar-refractivity contribution in [2.24, 2.45) is 5.92 Å². The average Bonchev–Trinajstić information content (AvgIpc) is 3.08. The number of carbonyl (C=O) groups excluding carboxylic acids is 1. The molecule has 0 saturated heterocycles. The first kappa shape index (κ1) is 10.3. The van der Waals surface area contributed by atoms with Crippen molar-refractivity contribution >= 4 is 17.0 Å². The van der Waals surface area contributed by atoms with E-state index in [0.717, 1.165) is 30.4 Å². The zero-order chi connectivity index (χ0) is 11.7. The third-order valence-electron chi connectivity index (χ3n) is 3.06. The summed E-state index contributed by atoms with van der Waals surface area (Å²) < 4.78 is 5.17. The molecule has 2 aromatic rings. The van der Waals surface area contributed by atoms with Gasteiger partial charge in [-0.05, 0) is 37.0 Å². The lowest BCUT2D eigenvalue weighted by molar-refractivity contribution is -0.122. The number of fused-ring (bicyclic) bond motifs is 1. The molecule has 0 radical (unpaired) electrons. The number of nitrogens with zero attached hydrogens (tertiary/aromatic N) is 1. The molecule has 1 saturated carbocycles. The lowest BCUT2D eigenvalue weighted by atomic mass is 10.1. The Morgan fingerprint density at radius 2 is 2.35 bits per heavy atom. The minimum Gasteiger partial charge on any atom is -0.443 e. The summed E-state index contributed by atoms with van der Waals surface area (Å²) >= 11 is 0. The van der Waals surface area contributed by atoms with Crippen molar-refractivity contribution in [3.05, 3.63) is 30.2 Å². The molecule has 1 aliphatic carbocycles. The van der Waals surface area contributed by atoms with Gasteiger partial charge in [-0.3, -0.25) is 4.79 Å². The fourth-order valence-corrected chi connectivity index (χ4v) is 1.88. The van der Waals surface area contributed by atoms with Crippen LogP contribution in [0.15, 0.2) is 29.0 Å². The Hall–Kier alpha value is -1.84. The Kier molecular flexibility index (Phi) is 2.55. The normalized spacial score (nSPS) is 15.1. The Balaban J connectivity index is 1.58. The summed E-state index contributed by atoms with van der Waals surface area (Å²) in [6.45, 7) is 0.693. The summed E-state index contributed by atoms with van der Waals surface area (Å²) in [5, 5.41) is 2.95. The molecule has 1 aromatic heterocycles. The van der Waals surface area contributed by atoms with E-state index in [2.05, 4.69) is 10.3 Å². The number of carbonyl (C=O) groups is 1. The second-order valence-electron chi connectivity index (χ2n) is 4.47. The van der Waals surface area contributed by atoms with Gasteiger partial charge in [0.25, 0.3) is 0 Å². The van der Waals surface area contributed by atoms with E-state index in [1.54, 1.807) is 0 Å². The first-order valence-electron chi connectivity index (χ1n) is 5.93. The predicted molar refractivity (Wildman–Crippen MR) is 63.4 cm³/mol. The highest BCUT2D eigenvalue weighted by molar-refractivity contribution is 5.80. The number of benzene rings is 1. The smallest absolute Gasteiger partial charge is 0.223 e. The Bertz CT molecular complexity index is 543. The van der Waals surface area contributed by atoms with Crippen molar-refractivity contribution in [1.82, 2.24) is 10.3 Å². The van der Waals surface area contributed by atoms with Crippen molar-refractivity contribution in [2.75, 3.05) is 6.54 Å². The molecule has 1 heterocycles. The fourth-order valence-electron chi connectivity index (χ4n) is 1.88. The fraction of sp³-hybridized carbons (Fsp3) is 0.385. The number of rotatable bonds is 4. The van der Waals surface area contributed by atoms with Gasteiger partial charge in [-0.15, -0.1) is 0 Å². The summed E-state index contributed by atoms with van der Waals surface area (Å²) in [6.07, 6.45) is 4.39. The van der Waals surface area contributed by atoms with Gasteiger partial charge < -0.3 is 9.73 Å². The highest BCUT2D eigenvalue weighted by Gasteiger charge is 2.28. The molecule has 0 aliphatic heterocycles. The maximum Gasteiger partial charge on any atom is 0.223 e. The van der Waals surface area contributed by atoms with Gasteiger partial charge in [0, 0.05) is 12.5 Å². The zero-order valence-corrected chi connectivity index (χ0v) is 9.48. The van der Waals surface area contributed by atoms with Crippen molar-refractivity contribution in [2.45, 2.75) is 19.3 Å². The third-order valence-corrected chi connectivity index (χ3v) is 3.06. The molecule has 3 rings (SSSR count). The molecule has 1 fully saturated rings. The number of hydrogen-bond acceptors (Lipinski definition) is 3. The van der Waals surface area contributed by atoms with Gasteiger partial charge in [-0.1, -0.05) is 6.07 Å². The van der Waals surface area contributed by atoms with Crippen LogP contribution in [-0.2, 0) is 11.2 Å². The van der Waals surface area contributed by atoms with E-state index in [0.29, 0.717) is 6.54 Å². The van der Waals surface area contributed by atoms with Crippen LogP contribution in [-0.4, -0.2) is 17.4 Å². The summed E-state index contributed by atoms with van der Waals surface area (Å²) in [6, 6.07) is 5.93. The zero-order valence-electron chi connectivity index (χ0n) is 9.48. The van der Waals surface area contributed by atoms with Gasteiger partial charge in [-0.25, -0.2) is 4.98 Å². The highest BCUT2D eigenvalue weighted by atomic mass is 16.3. The van der Waals surface area contributed by atoms with Crippen LogP contribution in [0.1, 0.15) is 18.4 Å². The van der Waals surface area contributed by atoms with Crippen molar-refractivity contribution < 1.29 is 9.21 Å². The number of amides is 1. The third kappa shape index (κ3) is 2.30. The Morgan fingerprint density at radius 3 is 3.18 bits per heavy atom. The minimum absolute atomic E-state index is 0.201. The van der Waals surface area contributed by atoms with Gasteiger partial charge in [-0.2, -0.15) is 0 Å². The molecule has 88 valence electrons. The molecule has 17 heavy (non-hydrogen) atoms. The summed E-state index contributed by atoms with van der Waals surface area (Å²) in [4.78, 5) is 15.5. The largest absolute Gasteiger partial charge is 0.443 e. The second-order valence-corrected chi connectivity index (χ2v) is 4.47. The molecule has 0 atom stereocenters. The first-order valence-corrected chi connectivity index (χ1v) is 5.93. The standard InChI is InChI=1S/C13H14N2O2/c16-13(10-2-3-10)14-6-5-9-1-4-12-11(7-9)15-8-17-12/h1,4,7-8,10H,2-3,5-6H2,(H,14,16). The van der Waals surface area contributed by atoms with E-state index in [1.165, 1.54) is 12.0 Å². The monoisotopic (exact) mass is 230 g/mol. The van der Waals surface area contributed by atoms with E-state index < -0.39 is 0 Å². The van der Waals surface area contributed by atoms with E-state index in [-0.39, 0.29) is 11.8 Å². The second kappa shape index (κ2) is 4.20. The molecular weight excluding hydrogens is 216 g/mol. The average molecular weight is 230 g/mol. The number of oxazole rings is 1. The van der Waals surface area contributed by atoms with Crippen molar-refractivity contribution in [3.8, 4) is 0 Å². The molecular formula is C13H14N2O2. The number of aromatic nitrogens is 1. The topological polar surface area (TPSA) is 55.1 Å². The molecule has 4 heteroatoms. The summed E-state index contributed by atoms with van der Waals surface area (Å²) in [7, 11) is 0. The molecule has 1 aliphatic rings. The van der Waals surface area contributed by atoms with Crippen LogP contribution >= 0.6 is 0 Å². The van der Waals surface area contributed by atoms with Gasteiger partial charge in [0.05, 0.1) is 0 Å². The molecule has 1 aromatic carbocycles. The SMILES string of the molecule is O=C(NCCc1ccc2ocnc2c1)C1CC1. The van der Waals surface area contributed by atoms with Gasteiger partial charge in [0.2, 0.25) is 5.91 Å². The van der Waals surface area contributed by atoms with Crippen LogP contribution < -0.4 is 5.32 Å². The summed E-state index contributed by atoms with van der Waals surface area (Å²) in [5.41, 5.74) is 2.84. The van der Waals surface area contributed by atoms with Crippen LogP contribution in [0.5, 0.6) is 0 Å². The quantitative estimate of drug-likeness (QED) is 0.872. The van der Waals surface area contributed by atoms with Crippen LogP contribution in [0, 0.1) is 5.92 Å². The van der Waals surface area contributed by atoms with Crippen molar-refractivity contribution in [3.63, 3.8) is 0 Å². The van der Waals surface area contributed by atoms with Crippen LogP contribution in [0.3, 0.4) is 0 Å². The maximum atomic E-state index is 11.4. The first-order chi connectivity index (χ1) is 8.33. The predicted octanol–water partition coefficient (Wildman–Crippen LogP) is 1.90. The Labute approximate surface area is 99.0 Å². The minimum atomic E-state index is 0.201. The van der Waals surface area contributed by atoms with Crippen molar-refractivity contribution in [1.29, 1.82) is 0 Å². The van der Waals surface area contributed by atoms with E-state index in [1.807, 2.05) is 18.2 Å². The molecule has 0 spiro atoms. The van der Waals surface area contributed by atoms with E-state index in [9.17, 15) is 4.79 Å². The van der Waals surface area contributed by atoms with Gasteiger partial charge >= 0.3 is 0 Å². The van der Waals surface area contributed by atoms with Gasteiger partial charge in [0.15, 0.2) is 12.0 Å². The molecule has 1 amide bonds. The van der Waals surface area contributed by atoms with Crippen LogP contribution in [0.2, 0.25) is 0 Å². The molecule has 0 bridgehead atoms. The summed E-state index contributed by atoms with van der Waals surface area (Å²) in [5.74, 6) is 0.487.